The van der Waals surface area contributed by atoms with Crippen LogP contribution in [-0.4, -0.2) is 55.2 Å². The minimum Gasteiger partial charge on any atom is -0.480 e. The highest BCUT2D eigenvalue weighted by Gasteiger charge is 2.45. The van der Waals surface area contributed by atoms with Crippen LogP contribution in [0.25, 0.3) is 10.2 Å². The van der Waals surface area contributed by atoms with Crippen LogP contribution in [-0.2, 0) is 20.9 Å². The first-order valence-electron chi connectivity index (χ1n) is 6.71. The van der Waals surface area contributed by atoms with Gasteiger partial charge in [0.05, 0.1) is 21.7 Å². The van der Waals surface area contributed by atoms with Gasteiger partial charge in [0, 0.05) is 12.1 Å². The molecular formula is C13H8N4O7S. The predicted molar refractivity (Wildman–Crippen MR) is 81.6 cm³/mol. The zero-order valence-corrected chi connectivity index (χ0v) is 13.1. The summed E-state index contributed by atoms with van der Waals surface area (Å²) in [5, 5.41) is 19.8. The highest BCUT2D eigenvalue weighted by atomic mass is 32.1. The lowest BCUT2D eigenvalue weighted by Gasteiger charge is -2.12. The van der Waals surface area contributed by atoms with E-state index in [9.17, 15) is 29.3 Å². The fraction of sp³-hybridized carbons (Fsp3) is 0.154. The van der Waals surface area contributed by atoms with E-state index in [2.05, 4.69) is 4.98 Å². The lowest BCUT2D eigenvalue weighted by molar-refractivity contribution is -0.384. The molecule has 3 rings (SSSR count). The van der Waals surface area contributed by atoms with Crippen molar-refractivity contribution in [3.05, 3.63) is 33.3 Å². The van der Waals surface area contributed by atoms with E-state index < -0.39 is 35.3 Å². The molecule has 1 aromatic heterocycles. The number of carboxylic acids is 1. The molecule has 25 heavy (non-hydrogen) atoms. The number of thiazole rings is 1. The van der Waals surface area contributed by atoms with Crippen LogP contribution in [0, 0.1) is 10.1 Å². The number of benzene rings is 1. The van der Waals surface area contributed by atoms with Gasteiger partial charge in [0.1, 0.15) is 11.6 Å². The van der Waals surface area contributed by atoms with Gasteiger partial charge in [-0.05, 0) is 6.07 Å². The second-order valence-electron chi connectivity index (χ2n) is 4.98. The molecule has 11 nitrogen and oxygen atoms in total. The van der Waals surface area contributed by atoms with Crippen LogP contribution in [0.1, 0.15) is 5.01 Å². The summed E-state index contributed by atoms with van der Waals surface area (Å²) in [6, 6.07) is 2.98. The van der Waals surface area contributed by atoms with E-state index in [-0.39, 0.29) is 17.2 Å². The summed E-state index contributed by atoms with van der Waals surface area (Å²) in [4.78, 5) is 61.6. The van der Waals surface area contributed by atoms with Gasteiger partial charge >= 0.3 is 23.8 Å². The molecule has 4 amide bonds. The first-order chi connectivity index (χ1) is 11.8. The van der Waals surface area contributed by atoms with Crippen LogP contribution >= 0.6 is 11.3 Å². The van der Waals surface area contributed by atoms with Gasteiger partial charge in [-0.1, -0.05) is 0 Å². The maximum Gasteiger partial charge on any atom is 0.335 e. The number of hydrogen-bond donors (Lipinski definition) is 1. The zero-order valence-electron chi connectivity index (χ0n) is 12.2. The molecule has 0 radical (unpaired) electrons. The smallest absolute Gasteiger partial charge is 0.335 e. The van der Waals surface area contributed by atoms with Crippen molar-refractivity contribution < 1.29 is 29.2 Å². The summed E-state index contributed by atoms with van der Waals surface area (Å²) in [6.45, 7) is -1.24. The Morgan fingerprint density at radius 2 is 1.92 bits per heavy atom. The van der Waals surface area contributed by atoms with E-state index in [1.165, 1.54) is 18.2 Å². The van der Waals surface area contributed by atoms with Gasteiger partial charge in [-0.3, -0.25) is 24.5 Å². The first kappa shape index (κ1) is 16.4. The maximum atomic E-state index is 12.1. The lowest BCUT2D eigenvalue weighted by Crippen LogP contribution is -2.36. The van der Waals surface area contributed by atoms with Crippen LogP contribution in [0.5, 0.6) is 0 Å². The number of rotatable bonds is 5. The summed E-state index contributed by atoms with van der Waals surface area (Å²) >= 11 is 1.03. The molecule has 0 bridgehead atoms. The summed E-state index contributed by atoms with van der Waals surface area (Å²) in [7, 11) is 0. The number of carbonyl (C=O) groups is 4. The fourth-order valence-corrected chi connectivity index (χ4v) is 3.23. The number of carbonyl (C=O) groups excluding carboxylic acids is 3. The molecule has 12 heteroatoms. The van der Waals surface area contributed by atoms with Crippen LogP contribution in [0.3, 0.4) is 0 Å². The molecule has 0 unspecified atom stereocenters. The normalized spacial score (nSPS) is 14.6. The number of amides is 4. The number of urea groups is 1. The molecule has 1 aliphatic rings. The van der Waals surface area contributed by atoms with Crippen LogP contribution in [0.2, 0.25) is 0 Å². The lowest BCUT2D eigenvalue weighted by atomic mass is 10.3. The van der Waals surface area contributed by atoms with Gasteiger partial charge < -0.3 is 5.11 Å². The molecule has 0 saturated carbocycles. The predicted octanol–water partition coefficient (Wildman–Crippen LogP) is 0.580. The zero-order chi connectivity index (χ0) is 18.3. The quantitative estimate of drug-likeness (QED) is 0.350. The van der Waals surface area contributed by atoms with Crippen LogP contribution < -0.4 is 0 Å². The minimum absolute atomic E-state index is 0.126. The van der Waals surface area contributed by atoms with Gasteiger partial charge in [-0.25, -0.2) is 19.6 Å². The van der Waals surface area contributed by atoms with Crippen molar-refractivity contribution in [2.75, 3.05) is 6.54 Å². The summed E-state index contributed by atoms with van der Waals surface area (Å²) in [5.41, 5.74) is 0.317. The molecule has 1 aliphatic heterocycles. The molecule has 1 saturated heterocycles. The number of aliphatic carboxylic acids is 1. The number of non-ortho nitro benzene ring substituents is 1. The second-order valence-corrected chi connectivity index (χ2v) is 6.09. The Balaban J connectivity index is 1.86. The Hall–Kier alpha value is -3.41. The number of hydrogen-bond acceptors (Lipinski definition) is 8. The number of aromatic nitrogens is 1. The summed E-state index contributed by atoms with van der Waals surface area (Å²) in [6.07, 6.45) is 0. The van der Waals surface area contributed by atoms with E-state index in [1.54, 1.807) is 0 Å². The summed E-state index contributed by atoms with van der Waals surface area (Å²) < 4.78 is 0.483. The van der Waals surface area contributed by atoms with Crippen LogP contribution in [0.15, 0.2) is 18.2 Å². The monoisotopic (exact) mass is 364 g/mol. The largest absolute Gasteiger partial charge is 0.480 e. The topological polar surface area (TPSA) is 151 Å². The van der Waals surface area contributed by atoms with Crippen molar-refractivity contribution in [2.24, 2.45) is 0 Å². The van der Waals surface area contributed by atoms with Gasteiger partial charge in [0.2, 0.25) is 0 Å². The summed E-state index contributed by atoms with van der Waals surface area (Å²) in [5.74, 6) is -3.79. The third-order valence-electron chi connectivity index (χ3n) is 3.35. The van der Waals surface area contributed by atoms with Crippen molar-refractivity contribution in [2.45, 2.75) is 6.54 Å². The third-order valence-corrected chi connectivity index (χ3v) is 4.35. The van der Waals surface area contributed by atoms with E-state index in [4.69, 9.17) is 5.11 Å². The Morgan fingerprint density at radius 3 is 2.56 bits per heavy atom. The van der Waals surface area contributed by atoms with E-state index in [0.717, 1.165) is 11.3 Å². The van der Waals surface area contributed by atoms with Crippen molar-refractivity contribution in [1.29, 1.82) is 0 Å². The van der Waals surface area contributed by atoms with Crippen molar-refractivity contribution >= 4 is 51.1 Å². The Labute approximate surface area is 142 Å². The Kier molecular flexibility index (Phi) is 3.88. The third kappa shape index (κ3) is 2.89. The van der Waals surface area contributed by atoms with Crippen molar-refractivity contribution in [3.8, 4) is 0 Å². The molecule has 0 spiro atoms. The number of carboxylic acid groups (broad SMARTS) is 1. The average molecular weight is 364 g/mol. The SMILES string of the molecule is O=C(O)CN1C(=O)C(=O)N(Cc2nc3ccc([N+](=O)[O-])cc3s2)C1=O. The molecule has 0 aliphatic carbocycles. The van der Waals surface area contributed by atoms with Crippen LogP contribution in [0.4, 0.5) is 10.5 Å². The number of nitrogens with zero attached hydrogens (tertiary/aromatic N) is 4. The highest BCUT2D eigenvalue weighted by Crippen LogP contribution is 2.28. The van der Waals surface area contributed by atoms with E-state index in [0.29, 0.717) is 20.0 Å². The molecule has 128 valence electrons. The van der Waals surface area contributed by atoms with Gasteiger partial charge in [0.15, 0.2) is 0 Å². The molecular weight excluding hydrogens is 356 g/mol. The van der Waals surface area contributed by atoms with E-state index >= 15 is 0 Å². The Morgan fingerprint density at radius 1 is 1.24 bits per heavy atom. The first-order valence-corrected chi connectivity index (χ1v) is 7.52. The number of fused-ring (bicyclic) bond motifs is 1. The molecule has 1 N–H and O–H groups in total. The average Bonchev–Trinajstić information content (AvgIpc) is 3.04. The van der Waals surface area contributed by atoms with Gasteiger partial charge in [-0.15, -0.1) is 11.3 Å². The second kappa shape index (κ2) is 5.90. The molecule has 2 heterocycles. The molecule has 0 atom stereocenters. The van der Waals surface area contributed by atoms with Gasteiger partial charge in [0.25, 0.3) is 5.69 Å². The number of nitro benzene ring substituents is 1. The number of imide groups is 2. The standard InChI is InChI=1S/C13H8N4O7S/c18-10(19)5-16-12(21)11(20)15(13(16)22)4-9-14-7-2-1-6(17(23)24)3-8(7)25-9/h1-3H,4-5H2,(H,18,19). The van der Waals surface area contributed by atoms with Crippen molar-refractivity contribution in [1.82, 2.24) is 14.8 Å². The highest BCUT2D eigenvalue weighted by molar-refractivity contribution is 7.18. The van der Waals surface area contributed by atoms with Crippen molar-refractivity contribution in [3.63, 3.8) is 0 Å². The molecule has 2 aromatic rings. The molecule has 1 aromatic carbocycles. The molecule has 1 fully saturated rings. The van der Waals surface area contributed by atoms with Gasteiger partial charge in [-0.2, -0.15) is 0 Å². The van der Waals surface area contributed by atoms with E-state index in [1.807, 2.05) is 0 Å². The fourth-order valence-electron chi connectivity index (χ4n) is 2.24. The Bertz CT molecular complexity index is 953. The number of nitro groups is 1. The maximum absolute atomic E-state index is 12.1. The minimum atomic E-state index is -1.43.